The van der Waals surface area contributed by atoms with Crippen molar-refractivity contribution in [2.24, 2.45) is 5.92 Å². The summed E-state index contributed by atoms with van der Waals surface area (Å²) in [6.45, 7) is 0. The summed E-state index contributed by atoms with van der Waals surface area (Å²) in [6.07, 6.45) is 2.40. The summed E-state index contributed by atoms with van der Waals surface area (Å²) in [5.74, 6) is 2.15. The molecule has 2 aliphatic rings. The number of hydrogen-bond acceptors (Lipinski definition) is 7. The van der Waals surface area contributed by atoms with Crippen LogP contribution in [-0.2, 0) is 9.53 Å². The van der Waals surface area contributed by atoms with Crippen LogP contribution in [0.5, 0.6) is 23.0 Å². The molecule has 8 heteroatoms. The van der Waals surface area contributed by atoms with Gasteiger partial charge in [-0.1, -0.05) is 12.1 Å². The minimum Gasteiger partial charge on any atom is -0.453 e. The molecule has 1 aromatic heterocycles. The maximum Gasteiger partial charge on any atom is 0.419 e. The monoisotopic (exact) mass is 403 g/mol. The van der Waals surface area contributed by atoms with Crippen LogP contribution in [0.25, 0.3) is 0 Å². The van der Waals surface area contributed by atoms with E-state index in [1.165, 1.54) is 0 Å². The van der Waals surface area contributed by atoms with Crippen LogP contribution in [0.15, 0.2) is 60.8 Å². The molecule has 0 saturated heterocycles. The summed E-state index contributed by atoms with van der Waals surface area (Å²) in [5, 5.41) is 5.75. The topological polar surface area (TPSA) is 98.8 Å². The Balaban J connectivity index is 1.27. The Bertz CT molecular complexity index is 1130. The maximum absolute atomic E-state index is 11.8. The van der Waals surface area contributed by atoms with Crippen LogP contribution in [0.4, 0.5) is 22.0 Å². The highest BCUT2D eigenvalue weighted by Gasteiger charge is 2.32. The van der Waals surface area contributed by atoms with Crippen molar-refractivity contribution in [2.75, 3.05) is 10.6 Å². The number of aromatic nitrogens is 1. The summed E-state index contributed by atoms with van der Waals surface area (Å²) < 4.78 is 16.7. The van der Waals surface area contributed by atoms with E-state index < -0.39 is 12.1 Å². The van der Waals surface area contributed by atoms with Gasteiger partial charge in [-0.2, -0.15) is 0 Å². The van der Waals surface area contributed by atoms with Crippen LogP contribution >= 0.6 is 0 Å². The third-order valence-corrected chi connectivity index (χ3v) is 4.65. The number of fused-ring (bicyclic) bond motifs is 2. The number of nitrogens with one attached hydrogen (secondary N) is 2. The van der Waals surface area contributed by atoms with Gasteiger partial charge in [0, 0.05) is 18.0 Å². The molecule has 1 amide bonds. The molecule has 2 N–H and O–H groups in total. The quantitative estimate of drug-likeness (QED) is 0.356. The van der Waals surface area contributed by atoms with Crippen LogP contribution in [-0.4, -0.2) is 17.0 Å². The highest BCUT2D eigenvalue weighted by Crippen LogP contribution is 2.46. The van der Waals surface area contributed by atoms with Gasteiger partial charge in [-0.3, -0.25) is 10.1 Å². The number of pyridine rings is 1. The molecular weight excluding hydrogens is 386 g/mol. The van der Waals surface area contributed by atoms with Gasteiger partial charge in [0.25, 0.3) is 0 Å². The van der Waals surface area contributed by atoms with E-state index >= 15 is 0 Å². The Hall–Kier alpha value is -4.07. The third-order valence-electron chi connectivity index (χ3n) is 4.65. The van der Waals surface area contributed by atoms with E-state index in [1.807, 2.05) is 24.3 Å². The molecule has 3 aromatic rings. The first-order chi connectivity index (χ1) is 14.7. The van der Waals surface area contributed by atoms with E-state index in [4.69, 9.17) is 14.2 Å². The largest absolute Gasteiger partial charge is 0.453 e. The van der Waals surface area contributed by atoms with Gasteiger partial charge >= 0.3 is 12.1 Å². The van der Waals surface area contributed by atoms with E-state index in [0.29, 0.717) is 34.5 Å². The molecule has 1 fully saturated rings. The Kier molecular flexibility index (Phi) is 4.44. The number of para-hydroxylation sites is 2. The number of rotatable bonds is 4. The molecule has 1 saturated carbocycles. The van der Waals surface area contributed by atoms with Crippen LogP contribution < -0.4 is 20.1 Å². The Morgan fingerprint density at radius 1 is 1.07 bits per heavy atom. The van der Waals surface area contributed by atoms with Crippen LogP contribution in [0, 0.1) is 5.92 Å². The van der Waals surface area contributed by atoms with Gasteiger partial charge in [-0.15, -0.1) is 0 Å². The molecule has 8 nitrogen and oxygen atoms in total. The van der Waals surface area contributed by atoms with Gasteiger partial charge in [-0.05, 0) is 49.2 Å². The molecule has 0 atom stereocenters. The predicted octanol–water partition coefficient (Wildman–Crippen LogP) is 5.21. The lowest BCUT2D eigenvalue weighted by atomic mass is 10.2. The zero-order chi connectivity index (χ0) is 20.5. The summed E-state index contributed by atoms with van der Waals surface area (Å²) in [5.41, 5.74) is 1.32. The van der Waals surface area contributed by atoms with Crippen molar-refractivity contribution in [1.82, 2.24) is 4.98 Å². The van der Waals surface area contributed by atoms with Gasteiger partial charge in [0.15, 0.2) is 17.3 Å². The second-order valence-electron chi connectivity index (χ2n) is 6.94. The van der Waals surface area contributed by atoms with Crippen molar-refractivity contribution in [3.05, 3.63) is 60.8 Å². The molecule has 1 aliphatic heterocycles. The summed E-state index contributed by atoms with van der Waals surface area (Å²) in [7, 11) is 0. The van der Waals surface area contributed by atoms with E-state index in [9.17, 15) is 9.59 Å². The molecule has 1 aliphatic carbocycles. The van der Waals surface area contributed by atoms with Crippen LogP contribution in [0.3, 0.4) is 0 Å². The highest BCUT2D eigenvalue weighted by atomic mass is 16.6. The fourth-order valence-electron chi connectivity index (χ4n) is 2.97. The van der Waals surface area contributed by atoms with E-state index in [2.05, 4.69) is 15.6 Å². The van der Waals surface area contributed by atoms with Crippen LogP contribution in [0.1, 0.15) is 12.8 Å². The number of carbonyl (C=O) groups excluding carboxylic acids is 2. The van der Waals surface area contributed by atoms with Crippen molar-refractivity contribution >= 4 is 29.3 Å². The number of nitrogens with zero attached hydrogens (tertiary/aromatic N) is 1. The number of esters is 1. The van der Waals surface area contributed by atoms with Crippen LogP contribution in [0.2, 0.25) is 0 Å². The lowest BCUT2D eigenvalue weighted by molar-refractivity contribution is -0.138. The standard InChI is InChI=1S/C22H17N3O5/c26-21(13-5-6-13)30-22(27)24-14-7-9-15(10-8-14)28-18-11-12-23-20-19(18)29-17-4-2-1-3-16(17)25-20/h1-4,7-13H,5-6H2,(H,23,25)(H,24,27). The summed E-state index contributed by atoms with van der Waals surface area (Å²) in [4.78, 5) is 27.6. The summed E-state index contributed by atoms with van der Waals surface area (Å²) >= 11 is 0. The van der Waals surface area contributed by atoms with Crippen molar-refractivity contribution < 1.29 is 23.8 Å². The average molecular weight is 403 g/mol. The molecule has 0 bridgehead atoms. The molecule has 0 unspecified atom stereocenters. The zero-order valence-electron chi connectivity index (χ0n) is 15.8. The van der Waals surface area contributed by atoms with Gasteiger partial charge in [0.2, 0.25) is 5.75 Å². The maximum atomic E-state index is 11.8. The average Bonchev–Trinajstić information content (AvgIpc) is 3.59. The Labute approximate surface area is 171 Å². The third kappa shape index (κ3) is 3.75. The first-order valence-corrected chi connectivity index (χ1v) is 9.49. The summed E-state index contributed by atoms with van der Waals surface area (Å²) in [6, 6.07) is 16.0. The second kappa shape index (κ2) is 7.40. The minimum atomic E-state index is -0.790. The van der Waals surface area contributed by atoms with Gasteiger partial charge in [0.05, 0.1) is 11.6 Å². The van der Waals surface area contributed by atoms with Gasteiger partial charge in [0.1, 0.15) is 5.75 Å². The number of ether oxygens (including phenoxy) is 3. The van der Waals surface area contributed by atoms with Gasteiger partial charge < -0.3 is 19.5 Å². The number of amides is 1. The molecule has 0 spiro atoms. The lowest BCUT2D eigenvalue weighted by Gasteiger charge is -2.22. The van der Waals surface area contributed by atoms with Crippen molar-refractivity contribution in [2.45, 2.75) is 12.8 Å². The molecule has 150 valence electrons. The first-order valence-electron chi connectivity index (χ1n) is 9.49. The number of carbonyl (C=O) groups is 2. The molecule has 2 heterocycles. The second-order valence-corrected chi connectivity index (χ2v) is 6.94. The fraction of sp³-hybridized carbons (Fsp3) is 0.136. The zero-order valence-corrected chi connectivity index (χ0v) is 15.8. The van der Waals surface area contributed by atoms with E-state index in [-0.39, 0.29) is 5.92 Å². The highest BCUT2D eigenvalue weighted by molar-refractivity contribution is 5.94. The number of anilines is 3. The SMILES string of the molecule is O=C(Nc1ccc(Oc2ccnc3c2Oc2ccccc2N3)cc1)OC(=O)C1CC1. The molecule has 30 heavy (non-hydrogen) atoms. The number of benzene rings is 2. The smallest absolute Gasteiger partial charge is 0.419 e. The first kappa shape index (κ1) is 18.0. The normalized spacial score (nSPS) is 13.7. The lowest BCUT2D eigenvalue weighted by Crippen LogP contribution is -2.19. The van der Waals surface area contributed by atoms with Gasteiger partial charge in [-0.25, -0.2) is 9.78 Å². The van der Waals surface area contributed by atoms with Crippen molar-refractivity contribution in [3.8, 4) is 23.0 Å². The Morgan fingerprint density at radius 3 is 2.67 bits per heavy atom. The molecule has 0 radical (unpaired) electrons. The van der Waals surface area contributed by atoms with E-state index in [0.717, 1.165) is 18.5 Å². The minimum absolute atomic E-state index is 0.138. The van der Waals surface area contributed by atoms with E-state index in [1.54, 1.807) is 36.5 Å². The molecule has 5 rings (SSSR count). The number of hydrogen-bond donors (Lipinski definition) is 2. The Morgan fingerprint density at radius 2 is 1.87 bits per heavy atom. The fourth-order valence-corrected chi connectivity index (χ4v) is 2.97. The molecule has 2 aromatic carbocycles. The van der Waals surface area contributed by atoms with Crippen molar-refractivity contribution in [1.29, 1.82) is 0 Å². The molecular formula is C22H17N3O5. The predicted molar refractivity (Wildman–Crippen MR) is 108 cm³/mol. The van der Waals surface area contributed by atoms with Crippen molar-refractivity contribution in [3.63, 3.8) is 0 Å².